The van der Waals surface area contributed by atoms with Crippen molar-refractivity contribution in [1.29, 1.82) is 0 Å². The maximum atomic E-state index is 13.6. The number of hydrogen-bond donors (Lipinski definition) is 5. The second kappa shape index (κ2) is 16.4. The van der Waals surface area contributed by atoms with Gasteiger partial charge < -0.3 is 26.6 Å². The van der Waals surface area contributed by atoms with E-state index in [-0.39, 0.29) is 23.6 Å². The molecular weight excluding hydrogens is 618 g/mol. The minimum atomic E-state index is -0.772. The van der Waals surface area contributed by atoms with Crippen molar-refractivity contribution >= 4 is 23.4 Å². The maximum absolute atomic E-state index is 13.6. The SMILES string of the molecule is NCC1CCC(C(=O)N[C@@H](Cc2ccc(-c3ccc(C(=O)NCCN4CCCC4)cc3)cc2)C(=O)Nc2ccc(-c3nn[nH]n3)cc2)CC1. The molecule has 0 unspecified atom stereocenters. The molecule has 1 aliphatic carbocycles. The van der Waals surface area contributed by atoms with E-state index >= 15 is 0 Å². The molecule has 12 heteroatoms. The number of H-pyrrole nitrogens is 1. The lowest BCUT2D eigenvalue weighted by atomic mass is 9.81. The molecule has 0 spiro atoms. The number of nitrogens with two attached hydrogens (primary N) is 1. The first-order chi connectivity index (χ1) is 23.9. The fourth-order valence-corrected chi connectivity index (χ4v) is 6.69. The number of aromatic amines is 1. The molecule has 12 nitrogen and oxygen atoms in total. The van der Waals surface area contributed by atoms with E-state index in [2.05, 4.69) is 41.5 Å². The molecule has 1 aromatic heterocycles. The van der Waals surface area contributed by atoms with Crippen LogP contribution in [0, 0.1) is 11.8 Å². The first-order valence-electron chi connectivity index (χ1n) is 17.3. The first kappa shape index (κ1) is 33.9. The van der Waals surface area contributed by atoms with Gasteiger partial charge in [0.25, 0.3) is 5.91 Å². The van der Waals surface area contributed by atoms with Crippen molar-refractivity contribution < 1.29 is 14.4 Å². The van der Waals surface area contributed by atoms with Crippen molar-refractivity contribution in [2.45, 2.75) is 51.0 Å². The third-order valence-corrected chi connectivity index (χ3v) is 9.73. The van der Waals surface area contributed by atoms with Gasteiger partial charge in [-0.05, 0) is 122 Å². The number of nitrogens with one attached hydrogen (secondary N) is 4. The Bertz CT molecular complexity index is 1660. The van der Waals surface area contributed by atoms with Gasteiger partial charge in [-0.15, -0.1) is 10.2 Å². The first-order valence-corrected chi connectivity index (χ1v) is 17.3. The number of carbonyl (C=O) groups is 3. The van der Waals surface area contributed by atoms with Crippen molar-refractivity contribution in [2.75, 3.05) is 38.0 Å². The smallest absolute Gasteiger partial charge is 0.251 e. The van der Waals surface area contributed by atoms with Crippen LogP contribution < -0.4 is 21.7 Å². The van der Waals surface area contributed by atoms with E-state index < -0.39 is 6.04 Å². The molecule has 256 valence electrons. The van der Waals surface area contributed by atoms with Crippen molar-refractivity contribution in [3.63, 3.8) is 0 Å². The molecule has 1 saturated heterocycles. The zero-order valence-electron chi connectivity index (χ0n) is 27.7. The third kappa shape index (κ3) is 9.15. The summed E-state index contributed by atoms with van der Waals surface area (Å²) in [6, 6.07) is 21.9. The molecule has 4 aromatic rings. The number of anilines is 1. The van der Waals surface area contributed by atoms with E-state index in [0.717, 1.165) is 67.6 Å². The fraction of sp³-hybridized carbons (Fsp3) is 0.405. The summed E-state index contributed by atoms with van der Waals surface area (Å²) in [5.74, 6) is 0.317. The number of nitrogens with zero attached hydrogens (tertiary/aromatic N) is 4. The van der Waals surface area contributed by atoms with Gasteiger partial charge in [0, 0.05) is 42.2 Å². The maximum Gasteiger partial charge on any atom is 0.251 e. The van der Waals surface area contributed by atoms with Crippen molar-refractivity contribution in [1.82, 2.24) is 36.2 Å². The van der Waals surface area contributed by atoms with Gasteiger partial charge in [0.15, 0.2) is 0 Å². The molecule has 3 amide bonds. The van der Waals surface area contributed by atoms with Crippen molar-refractivity contribution in [3.8, 4) is 22.5 Å². The number of likely N-dealkylation sites (tertiary alicyclic amines) is 1. The highest BCUT2D eigenvalue weighted by Gasteiger charge is 2.29. The lowest BCUT2D eigenvalue weighted by molar-refractivity contribution is -0.130. The molecule has 0 bridgehead atoms. The van der Waals surface area contributed by atoms with E-state index in [1.807, 2.05) is 48.5 Å². The Morgan fingerprint density at radius 2 is 1.51 bits per heavy atom. The molecule has 1 aliphatic heterocycles. The van der Waals surface area contributed by atoms with E-state index in [1.165, 1.54) is 12.8 Å². The van der Waals surface area contributed by atoms with Crippen LogP contribution in [0.2, 0.25) is 0 Å². The Kier molecular flexibility index (Phi) is 11.4. The van der Waals surface area contributed by atoms with Crippen LogP contribution in [-0.2, 0) is 16.0 Å². The molecule has 0 radical (unpaired) electrons. The third-order valence-electron chi connectivity index (χ3n) is 9.73. The number of hydrogen-bond acceptors (Lipinski definition) is 8. The Hall–Kier alpha value is -4.94. The number of carbonyl (C=O) groups excluding carboxylic acids is 3. The predicted octanol–water partition coefficient (Wildman–Crippen LogP) is 3.79. The van der Waals surface area contributed by atoms with Crippen LogP contribution in [0.4, 0.5) is 5.69 Å². The van der Waals surface area contributed by atoms with Gasteiger partial charge in [0.2, 0.25) is 17.6 Å². The number of aromatic nitrogens is 4. The van der Waals surface area contributed by atoms with Crippen LogP contribution in [-0.4, -0.2) is 82.0 Å². The number of rotatable bonds is 13. The molecule has 2 fully saturated rings. The molecule has 2 heterocycles. The second-order valence-corrected chi connectivity index (χ2v) is 13.1. The van der Waals surface area contributed by atoms with Crippen LogP contribution in [0.3, 0.4) is 0 Å². The topological polar surface area (TPSA) is 171 Å². The predicted molar refractivity (Wildman–Crippen MR) is 188 cm³/mol. The molecule has 49 heavy (non-hydrogen) atoms. The van der Waals surface area contributed by atoms with Crippen LogP contribution in [0.25, 0.3) is 22.5 Å². The molecule has 3 aromatic carbocycles. The number of tetrazole rings is 1. The van der Waals surface area contributed by atoms with Crippen molar-refractivity contribution in [2.24, 2.45) is 17.6 Å². The average Bonchev–Trinajstić information content (AvgIpc) is 3.88. The summed E-state index contributed by atoms with van der Waals surface area (Å²) < 4.78 is 0. The van der Waals surface area contributed by atoms with Crippen LogP contribution in [0.1, 0.15) is 54.4 Å². The van der Waals surface area contributed by atoms with Gasteiger partial charge in [0.1, 0.15) is 6.04 Å². The molecule has 1 saturated carbocycles. The van der Waals surface area contributed by atoms with E-state index in [1.54, 1.807) is 24.3 Å². The number of amides is 3. The van der Waals surface area contributed by atoms with E-state index in [0.29, 0.717) is 42.5 Å². The van der Waals surface area contributed by atoms with Gasteiger partial charge in [-0.1, -0.05) is 36.4 Å². The fourth-order valence-electron chi connectivity index (χ4n) is 6.69. The van der Waals surface area contributed by atoms with Crippen LogP contribution in [0.15, 0.2) is 72.8 Å². The molecule has 6 rings (SSSR count). The van der Waals surface area contributed by atoms with E-state index in [4.69, 9.17) is 5.73 Å². The largest absolute Gasteiger partial charge is 0.351 e. The van der Waals surface area contributed by atoms with E-state index in [9.17, 15) is 14.4 Å². The van der Waals surface area contributed by atoms with Crippen LogP contribution in [0.5, 0.6) is 0 Å². The van der Waals surface area contributed by atoms with Gasteiger partial charge in [-0.3, -0.25) is 14.4 Å². The molecular formula is C37H45N9O3. The Balaban J connectivity index is 1.09. The molecule has 6 N–H and O–H groups in total. The highest BCUT2D eigenvalue weighted by atomic mass is 16.2. The van der Waals surface area contributed by atoms with Crippen molar-refractivity contribution in [3.05, 3.63) is 83.9 Å². The summed E-state index contributed by atoms with van der Waals surface area (Å²) >= 11 is 0. The Morgan fingerprint density at radius 1 is 0.857 bits per heavy atom. The van der Waals surface area contributed by atoms with Gasteiger partial charge in [-0.25, -0.2) is 0 Å². The molecule has 1 atom stereocenters. The zero-order valence-corrected chi connectivity index (χ0v) is 27.7. The molecule has 2 aliphatic rings. The summed E-state index contributed by atoms with van der Waals surface area (Å²) in [5.41, 5.74) is 10.7. The standard InChI is InChI=1S/C37H45N9O3/c38-24-26-5-9-31(10-6-26)36(48)41-33(37(49)40-32-17-15-29(16-18-32)34-42-44-45-43-34)23-25-3-7-27(8-4-25)28-11-13-30(14-12-28)35(47)39-19-22-46-20-1-2-21-46/h3-4,7-8,11-18,26,31,33H,1-2,5-6,9-10,19-24,38H2,(H,39,47)(H,40,49)(H,41,48)(H,42,43,44,45)/t26?,31?,33-/m0/s1. The number of benzene rings is 3. The van der Waals surface area contributed by atoms with Gasteiger partial charge in [0.05, 0.1) is 0 Å². The van der Waals surface area contributed by atoms with Crippen LogP contribution >= 0.6 is 0 Å². The minimum absolute atomic E-state index is 0.0668. The second-order valence-electron chi connectivity index (χ2n) is 13.1. The average molecular weight is 664 g/mol. The van der Waals surface area contributed by atoms with Gasteiger partial charge in [-0.2, -0.15) is 5.21 Å². The Morgan fingerprint density at radius 3 is 2.14 bits per heavy atom. The summed E-state index contributed by atoms with van der Waals surface area (Å²) in [7, 11) is 0. The normalized spacial score (nSPS) is 18.5. The summed E-state index contributed by atoms with van der Waals surface area (Å²) in [6.45, 7) is 4.39. The summed E-state index contributed by atoms with van der Waals surface area (Å²) in [4.78, 5) is 42.0. The minimum Gasteiger partial charge on any atom is -0.351 e. The lowest BCUT2D eigenvalue weighted by Gasteiger charge is -2.28. The zero-order chi connectivity index (χ0) is 34.0. The lowest BCUT2D eigenvalue weighted by Crippen LogP contribution is -2.48. The monoisotopic (exact) mass is 663 g/mol. The highest BCUT2D eigenvalue weighted by Crippen LogP contribution is 2.29. The summed E-state index contributed by atoms with van der Waals surface area (Å²) in [5, 5.41) is 23.1. The van der Waals surface area contributed by atoms with Gasteiger partial charge >= 0.3 is 0 Å². The summed E-state index contributed by atoms with van der Waals surface area (Å²) in [6.07, 6.45) is 6.18. The quantitative estimate of drug-likeness (QED) is 0.144. The Labute approximate surface area is 286 Å². The highest BCUT2D eigenvalue weighted by molar-refractivity contribution is 5.98.